The zero-order valence-corrected chi connectivity index (χ0v) is 17.3. The number of hydrogen-bond acceptors (Lipinski definition) is 4. The number of likely N-dealkylation sites (N-methyl/N-ethyl adjacent to an activating group) is 1. The van der Waals surface area contributed by atoms with E-state index in [1.165, 1.54) is 0 Å². The zero-order chi connectivity index (χ0) is 20.1. The highest BCUT2D eigenvalue weighted by Gasteiger charge is 2.20. The number of carbonyl (C=O) groups excluding carboxylic acids is 1. The molecule has 146 valence electrons. The van der Waals surface area contributed by atoms with E-state index in [0.29, 0.717) is 18.0 Å². The molecule has 0 saturated heterocycles. The van der Waals surface area contributed by atoms with Gasteiger partial charge in [-0.3, -0.25) is 9.69 Å². The van der Waals surface area contributed by atoms with Crippen LogP contribution < -0.4 is 14.8 Å². The molecule has 1 N–H and O–H groups in total. The Morgan fingerprint density at radius 1 is 1.04 bits per heavy atom. The van der Waals surface area contributed by atoms with Crippen LogP contribution in [0.25, 0.3) is 0 Å². The average Bonchev–Trinajstić information content (AvgIpc) is 2.65. The molecule has 0 saturated carbocycles. The van der Waals surface area contributed by atoms with Crippen molar-refractivity contribution in [2.45, 2.75) is 40.3 Å². The molecule has 0 aromatic heterocycles. The Morgan fingerprint density at radius 3 is 2.30 bits per heavy atom. The molecule has 5 heteroatoms. The third kappa shape index (κ3) is 5.01. The molecule has 0 unspecified atom stereocenters. The summed E-state index contributed by atoms with van der Waals surface area (Å²) < 4.78 is 10.7. The summed E-state index contributed by atoms with van der Waals surface area (Å²) in [6.07, 6.45) is 0. The summed E-state index contributed by atoms with van der Waals surface area (Å²) in [5, 5.41) is 3.05. The summed E-state index contributed by atoms with van der Waals surface area (Å²) in [6.45, 7) is 8.59. The third-order valence-corrected chi connectivity index (χ3v) is 4.95. The molecule has 2 rings (SSSR count). The molecule has 0 aliphatic heterocycles. The van der Waals surface area contributed by atoms with Gasteiger partial charge in [-0.1, -0.05) is 12.1 Å². The molecule has 0 aliphatic carbocycles. The first-order valence-electron chi connectivity index (χ1n) is 9.06. The maximum absolute atomic E-state index is 12.7. The molecular formula is C22H30N2O3. The van der Waals surface area contributed by atoms with Crippen molar-refractivity contribution in [3.8, 4) is 11.5 Å². The Labute approximate surface area is 162 Å². The molecular weight excluding hydrogens is 340 g/mol. The first-order valence-corrected chi connectivity index (χ1v) is 9.06. The van der Waals surface area contributed by atoms with E-state index in [-0.39, 0.29) is 11.9 Å². The van der Waals surface area contributed by atoms with E-state index >= 15 is 0 Å². The SMILES string of the molecule is COc1cc(C)c(CN(C)[C@@H](C)C(=O)Nc2cc(C)ccc2C)cc1OC. The van der Waals surface area contributed by atoms with Gasteiger partial charge < -0.3 is 14.8 Å². The van der Waals surface area contributed by atoms with Crippen LogP contribution in [0.1, 0.15) is 29.2 Å². The maximum Gasteiger partial charge on any atom is 0.241 e. The molecule has 0 spiro atoms. The van der Waals surface area contributed by atoms with E-state index in [1.807, 2.05) is 70.0 Å². The molecule has 27 heavy (non-hydrogen) atoms. The molecule has 2 aromatic rings. The second-order valence-electron chi connectivity index (χ2n) is 7.03. The number of anilines is 1. The number of ether oxygens (including phenoxy) is 2. The van der Waals surface area contributed by atoms with Crippen molar-refractivity contribution in [2.75, 3.05) is 26.6 Å². The summed E-state index contributed by atoms with van der Waals surface area (Å²) in [6, 6.07) is 9.71. The normalized spacial score (nSPS) is 12.0. The molecule has 0 heterocycles. The monoisotopic (exact) mass is 370 g/mol. The van der Waals surface area contributed by atoms with Crippen LogP contribution in [-0.4, -0.2) is 38.1 Å². The van der Waals surface area contributed by atoms with Crippen LogP contribution in [0.4, 0.5) is 5.69 Å². The topological polar surface area (TPSA) is 50.8 Å². The summed E-state index contributed by atoms with van der Waals surface area (Å²) in [4.78, 5) is 14.7. The quantitative estimate of drug-likeness (QED) is 0.798. The first-order chi connectivity index (χ1) is 12.8. The minimum absolute atomic E-state index is 0.0238. The lowest BCUT2D eigenvalue weighted by molar-refractivity contribution is -0.120. The molecule has 1 amide bonds. The van der Waals surface area contributed by atoms with Gasteiger partial charge in [-0.05, 0) is 75.2 Å². The number of rotatable bonds is 7. The van der Waals surface area contributed by atoms with E-state index in [2.05, 4.69) is 5.32 Å². The van der Waals surface area contributed by atoms with E-state index < -0.39 is 0 Å². The Kier molecular flexibility index (Phi) is 6.86. The lowest BCUT2D eigenvalue weighted by Gasteiger charge is -2.25. The summed E-state index contributed by atoms with van der Waals surface area (Å²) in [5.41, 5.74) is 5.24. The summed E-state index contributed by atoms with van der Waals surface area (Å²) >= 11 is 0. The fraction of sp³-hybridized carbons (Fsp3) is 0.409. The van der Waals surface area contributed by atoms with Crippen LogP contribution in [0.15, 0.2) is 30.3 Å². The predicted octanol–water partition coefficient (Wildman–Crippen LogP) is 4.09. The number of nitrogens with zero attached hydrogens (tertiary/aromatic N) is 1. The van der Waals surface area contributed by atoms with Crippen LogP contribution >= 0.6 is 0 Å². The highest BCUT2D eigenvalue weighted by atomic mass is 16.5. The van der Waals surface area contributed by atoms with Crippen molar-refractivity contribution >= 4 is 11.6 Å². The second kappa shape index (κ2) is 8.91. The number of benzene rings is 2. The summed E-state index contributed by atoms with van der Waals surface area (Å²) in [7, 11) is 5.20. The van der Waals surface area contributed by atoms with Crippen molar-refractivity contribution < 1.29 is 14.3 Å². The fourth-order valence-corrected chi connectivity index (χ4v) is 2.91. The number of amides is 1. The highest BCUT2D eigenvalue weighted by molar-refractivity contribution is 5.95. The van der Waals surface area contributed by atoms with Crippen LogP contribution in [0.5, 0.6) is 11.5 Å². The van der Waals surface area contributed by atoms with Gasteiger partial charge in [0.05, 0.1) is 20.3 Å². The van der Waals surface area contributed by atoms with Gasteiger partial charge in [-0.25, -0.2) is 0 Å². The van der Waals surface area contributed by atoms with Gasteiger partial charge in [-0.15, -0.1) is 0 Å². The number of carbonyl (C=O) groups is 1. The lowest BCUT2D eigenvalue weighted by Crippen LogP contribution is -2.39. The largest absolute Gasteiger partial charge is 0.493 e. The van der Waals surface area contributed by atoms with Gasteiger partial charge in [0.1, 0.15) is 0 Å². The van der Waals surface area contributed by atoms with Gasteiger partial charge in [0.15, 0.2) is 11.5 Å². The first kappa shape index (κ1) is 20.8. The predicted molar refractivity (Wildman–Crippen MR) is 110 cm³/mol. The van der Waals surface area contributed by atoms with Crippen molar-refractivity contribution in [3.05, 3.63) is 52.6 Å². The van der Waals surface area contributed by atoms with Crippen LogP contribution in [0, 0.1) is 20.8 Å². The lowest BCUT2D eigenvalue weighted by atomic mass is 10.1. The maximum atomic E-state index is 12.7. The van der Waals surface area contributed by atoms with Gasteiger partial charge in [0.2, 0.25) is 5.91 Å². The van der Waals surface area contributed by atoms with Gasteiger partial charge in [-0.2, -0.15) is 0 Å². The van der Waals surface area contributed by atoms with E-state index in [9.17, 15) is 4.79 Å². The number of methoxy groups -OCH3 is 2. The molecule has 0 radical (unpaired) electrons. The molecule has 5 nitrogen and oxygen atoms in total. The molecule has 0 aliphatic rings. The Morgan fingerprint density at radius 2 is 1.67 bits per heavy atom. The minimum atomic E-state index is -0.280. The van der Waals surface area contributed by atoms with Crippen LogP contribution in [0.2, 0.25) is 0 Å². The molecule has 0 bridgehead atoms. The van der Waals surface area contributed by atoms with E-state index in [1.54, 1.807) is 14.2 Å². The van der Waals surface area contributed by atoms with E-state index in [4.69, 9.17) is 9.47 Å². The smallest absolute Gasteiger partial charge is 0.241 e. The third-order valence-electron chi connectivity index (χ3n) is 4.95. The number of aryl methyl sites for hydroxylation is 3. The van der Waals surface area contributed by atoms with Gasteiger partial charge >= 0.3 is 0 Å². The number of hydrogen-bond donors (Lipinski definition) is 1. The van der Waals surface area contributed by atoms with Gasteiger partial charge in [0, 0.05) is 12.2 Å². The summed E-state index contributed by atoms with van der Waals surface area (Å²) in [5.74, 6) is 1.38. The Hall–Kier alpha value is -2.53. The van der Waals surface area contributed by atoms with Crippen molar-refractivity contribution in [1.82, 2.24) is 4.90 Å². The molecule has 2 aromatic carbocycles. The van der Waals surface area contributed by atoms with Crippen molar-refractivity contribution in [2.24, 2.45) is 0 Å². The Bertz CT molecular complexity index is 817. The molecule has 1 atom stereocenters. The van der Waals surface area contributed by atoms with Crippen molar-refractivity contribution in [1.29, 1.82) is 0 Å². The Balaban J connectivity index is 2.12. The van der Waals surface area contributed by atoms with E-state index in [0.717, 1.165) is 27.9 Å². The average molecular weight is 370 g/mol. The zero-order valence-electron chi connectivity index (χ0n) is 17.3. The van der Waals surface area contributed by atoms with Crippen LogP contribution in [-0.2, 0) is 11.3 Å². The van der Waals surface area contributed by atoms with Crippen molar-refractivity contribution in [3.63, 3.8) is 0 Å². The molecule has 0 fully saturated rings. The van der Waals surface area contributed by atoms with Crippen LogP contribution in [0.3, 0.4) is 0 Å². The highest BCUT2D eigenvalue weighted by Crippen LogP contribution is 2.31. The second-order valence-corrected chi connectivity index (χ2v) is 7.03. The van der Waals surface area contributed by atoms with Gasteiger partial charge in [0.25, 0.3) is 0 Å². The standard InChI is InChI=1S/C22H30N2O3/c1-14-8-9-15(2)19(10-14)23-22(25)17(4)24(5)13-18-12-21(27-7)20(26-6)11-16(18)3/h8-12,17H,13H2,1-7H3,(H,23,25)/t17-/m0/s1. The fourth-order valence-electron chi connectivity index (χ4n) is 2.91. The minimum Gasteiger partial charge on any atom is -0.493 e. The number of nitrogens with one attached hydrogen (secondary N) is 1.